The van der Waals surface area contributed by atoms with Crippen molar-refractivity contribution >= 4 is 29.7 Å². The molecule has 12 heteroatoms. The van der Waals surface area contributed by atoms with Gasteiger partial charge in [0.15, 0.2) is 0 Å². The fraction of sp³-hybridized carbons (Fsp3) is 0.219. The molecule has 228 valence electrons. The first kappa shape index (κ1) is 31.9. The average molecular weight is 622 g/mol. The number of halogens is 1. The van der Waals surface area contributed by atoms with E-state index in [2.05, 4.69) is 0 Å². The molecule has 0 aliphatic heterocycles. The summed E-state index contributed by atoms with van der Waals surface area (Å²) < 4.78 is 26.8. The second-order valence-corrected chi connectivity index (χ2v) is 10.0. The van der Waals surface area contributed by atoms with E-state index in [0.717, 1.165) is 19.3 Å². The van der Waals surface area contributed by atoms with Gasteiger partial charge in [0, 0.05) is 23.8 Å². The van der Waals surface area contributed by atoms with E-state index in [-0.39, 0.29) is 24.9 Å². The van der Waals surface area contributed by atoms with Crippen LogP contribution in [0.2, 0.25) is 0 Å². The van der Waals surface area contributed by atoms with Crippen LogP contribution in [-0.2, 0) is 53.1 Å². The minimum absolute atomic E-state index is 0.259. The van der Waals surface area contributed by atoms with Gasteiger partial charge < -0.3 is 23.7 Å². The van der Waals surface area contributed by atoms with E-state index >= 15 is 0 Å². The van der Waals surface area contributed by atoms with Crippen LogP contribution in [-0.4, -0.2) is 41.5 Å². The first-order valence-electron chi connectivity index (χ1n) is 13.3. The van der Waals surface area contributed by atoms with Gasteiger partial charge in [0.2, 0.25) is 0 Å². The van der Waals surface area contributed by atoms with Crippen molar-refractivity contribution in [3.05, 3.63) is 141 Å². The number of methoxy groups -OCH3 is 1. The molecule has 0 fully saturated rings. The van der Waals surface area contributed by atoms with Gasteiger partial charge in [0.25, 0.3) is 0 Å². The van der Waals surface area contributed by atoms with Gasteiger partial charge in [0.1, 0.15) is 19.8 Å². The van der Waals surface area contributed by atoms with Gasteiger partial charge in [-0.3, -0.25) is 10.1 Å². The molecule has 4 rings (SSSR count). The molecule has 0 heterocycles. The summed E-state index contributed by atoms with van der Waals surface area (Å²) in [5.41, 5.74) is -3.78. The van der Waals surface area contributed by atoms with E-state index in [1.165, 1.54) is 0 Å². The Labute approximate surface area is 257 Å². The van der Waals surface area contributed by atoms with Gasteiger partial charge >= 0.3 is 29.4 Å². The highest BCUT2D eigenvalue weighted by Crippen LogP contribution is 2.40. The maximum Gasteiger partial charge on any atom is 0.510 e. The molecular formula is C32H28ClNO10. The predicted octanol–water partition coefficient (Wildman–Crippen LogP) is 5.64. The van der Waals surface area contributed by atoms with Gasteiger partial charge in [0.05, 0.1) is 11.3 Å². The molecule has 3 aromatic carbocycles. The van der Waals surface area contributed by atoms with E-state index in [0.29, 0.717) is 16.7 Å². The van der Waals surface area contributed by atoms with Crippen molar-refractivity contribution in [2.45, 2.75) is 37.6 Å². The standard InChI is InChI=1S/C32H28ClNO10/c1-40-31(34(38)39)18-17-26(27(33)19-31)32(28(35)41-20-23-11-5-2-6-12-23,29(36)42-21-24-13-7-3-8-14-24)44-30(37)43-22-25-15-9-4-10-16-25/h2-18H,19-22H2,1H3. The van der Waals surface area contributed by atoms with Crippen LogP contribution in [0.1, 0.15) is 23.1 Å². The Morgan fingerprint density at radius 1 is 0.795 bits per heavy atom. The zero-order valence-corrected chi connectivity index (χ0v) is 24.3. The lowest BCUT2D eigenvalue weighted by Crippen LogP contribution is -2.55. The molecule has 0 spiro atoms. The number of hydrogen-bond donors (Lipinski definition) is 0. The number of nitrogens with zero attached hydrogens (tertiary/aromatic N) is 1. The van der Waals surface area contributed by atoms with E-state index in [9.17, 15) is 24.5 Å². The third kappa shape index (κ3) is 7.31. The van der Waals surface area contributed by atoms with E-state index in [1.54, 1.807) is 91.0 Å². The Morgan fingerprint density at radius 2 is 1.23 bits per heavy atom. The lowest BCUT2D eigenvalue weighted by Gasteiger charge is -2.33. The molecule has 1 unspecified atom stereocenters. The van der Waals surface area contributed by atoms with Crippen LogP contribution in [0.25, 0.3) is 0 Å². The van der Waals surface area contributed by atoms with Gasteiger partial charge in [-0.05, 0) is 22.8 Å². The first-order chi connectivity index (χ1) is 21.2. The minimum atomic E-state index is -2.97. The SMILES string of the molecule is COC1([N+](=O)[O-])C=CC(C(OC(=O)OCc2ccccc2)(C(=O)OCc2ccccc2)C(=O)OCc2ccccc2)=C(Cl)C1. The number of hydrogen-bond acceptors (Lipinski definition) is 10. The first-order valence-corrected chi connectivity index (χ1v) is 13.7. The fourth-order valence-electron chi connectivity index (χ4n) is 4.29. The Balaban J connectivity index is 1.75. The average Bonchev–Trinajstić information content (AvgIpc) is 3.05. The van der Waals surface area contributed by atoms with Crippen molar-refractivity contribution in [2.24, 2.45) is 0 Å². The molecule has 0 N–H and O–H groups in total. The maximum absolute atomic E-state index is 14.0. The Bertz CT molecular complexity index is 1490. The topological polar surface area (TPSA) is 141 Å². The highest BCUT2D eigenvalue weighted by molar-refractivity contribution is 6.31. The third-order valence-corrected chi connectivity index (χ3v) is 7.03. The normalized spacial score (nSPS) is 16.1. The zero-order valence-electron chi connectivity index (χ0n) is 23.6. The van der Waals surface area contributed by atoms with E-state index in [4.69, 9.17) is 35.3 Å². The van der Waals surface area contributed by atoms with Crippen LogP contribution in [0.3, 0.4) is 0 Å². The fourth-order valence-corrected chi connectivity index (χ4v) is 4.68. The van der Waals surface area contributed by atoms with Crippen LogP contribution < -0.4 is 0 Å². The van der Waals surface area contributed by atoms with E-state index in [1.807, 2.05) is 0 Å². The number of esters is 2. The van der Waals surface area contributed by atoms with Crippen molar-refractivity contribution in [1.29, 1.82) is 0 Å². The largest absolute Gasteiger partial charge is 0.510 e. The van der Waals surface area contributed by atoms with Crippen molar-refractivity contribution in [3.63, 3.8) is 0 Å². The maximum atomic E-state index is 14.0. The van der Waals surface area contributed by atoms with Crippen molar-refractivity contribution in [2.75, 3.05) is 7.11 Å². The van der Waals surface area contributed by atoms with Gasteiger partial charge in [-0.1, -0.05) is 103 Å². The molecule has 1 aliphatic carbocycles. The summed E-state index contributed by atoms with van der Waals surface area (Å²) in [5.74, 6) is -2.72. The summed E-state index contributed by atoms with van der Waals surface area (Å²) >= 11 is 6.55. The molecular weight excluding hydrogens is 594 g/mol. The Morgan fingerprint density at radius 3 is 1.61 bits per heavy atom. The number of carbonyl (C=O) groups is 3. The van der Waals surface area contributed by atoms with Gasteiger partial charge in [-0.25, -0.2) is 14.4 Å². The minimum Gasteiger partial charge on any atom is -0.457 e. The van der Waals surface area contributed by atoms with Crippen molar-refractivity contribution in [1.82, 2.24) is 0 Å². The summed E-state index contributed by atoms with van der Waals surface area (Å²) in [5, 5.41) is 11.5. The summed E-state index contributed by atoms with van der Waals surface area (Å²) in [4.78, 5) is 52.2. The summed E-state index contributed by atoms with van der Waals surface area (Å²) in [6, 6.07) is 25.7. The highest BCUT2D eigenvalue weighted by Gasteiger charge is 2.60. The lowest BCUT2D eigenvalue weighted by molar-refractivity contribution is -0.610. The van der Waals surface area contributed by atoms with Crippen LogP contribution in [0, 0.1) is 10.1 Å². The predicted molar refractivity (Wildman–Crippen MR) is 156 cm³/mol. The summed E-state index contributed by atoms with van der Waals surface area (Å²) in [6.45, 7) is -0.896. The van der Waals surface area contributed by atoms with E-state index < -0.39 is 46.3 Å². The lowest BCUT2D eigenvalue weighted by atomic mass is 9.86. The van der Waals surface area contributed by atoms with Crippen molar-refractivity contribution < 1.29 is 43.0 Å². The third-order valence-electron chi connectivity index (χ3n) is 6.69. The number of nitro groups is 1. The number of ether oxygens (including phenoxy) is 5. The van der Waals surface area contributed by atoms with Crippen LogP contribution in [0.15, 0.2) is 114 Å². The summed E-state index contributed by atoms with van der Waals surface area (Å²) in [6.07, 6.45) is -0.0240. The molecule has 0 radical (unpaired) electrons. The van der Waals surface area contributed by atoms with Crippen LogP contribution >= 0.6 is 11.6 Å². The van der Waals surface area contributed by atoms with Crippen molar-refractivity contribution in [3.8, 4) is 0 Å². The van der Waals surface area contributed by atoms with Crippen LogP contribution in [0.4, 0.5) is 4.79 Å². The monoisotopic (exact) mass is 621 g/mol. The summed E-state index contributed by atoms with van der Waals surface area (Å²) in [7, 11) is 1.11. The zero-order chi connectivity index (χ0) is 31.6. The molecule has 1 atom stereocenters. The smallest absolute Gasteiger partial charge is 0.457 e. The number of carbonyl (C=O) groups excluding carboxylic acids is 3. The molecule has 11 nitrogen and oxygen atoms in total. The number of rotatable bonds is 12. The molecule has 0 saturated heterocycles. The molecule has 1 aliphatic rings. The Kier molecular flexibility index (Phi) is 10.5. The second kappa shape index (κ2) is 14.5. The van der Waals surface area contributed by atoms with Gasteiger partial charge in [-0.2, -0.15) is 0 Å². The van der Waals surface area contributed by atoms with Gasteiger partial charge in [-0.15, -0.1) is 0 Å². The molecule has 0 saturated carbocycles. The Hall–Kier alpha value is -5.00. The molecule has 3 aromatic rings. The molecule has 0 aromatic heterocycles. The second-order valence-electron chi connectivity index (χ2n) is 9.57. The number of benzene rings is 3. The molecule has 44 heavy (non-hydrogen) atoms. The molecule has 0 bridgehead atoms. The quantitative estimate of drug-likeness (QED) is 0.0623. The highest BCUT2D eigenvalue weighted by atomic mass is 35.5. The van der Waals surface area contributed by atoms with Crippen LogP contribution in [0.5, 0.6) is 0 Å². The molecule has 0 amide bonds.